The van der Waals surface area contributed by atoms with Gasteiger partial charge in [0.15, 0.2) is 0 Å². The molecule has 0 aliphatic heterocycles. The number of Topliss-reactive ketones (excluding diaryl/α,β-unsaturated/α-hetero) is 1. The third kappa shape index (κ3) is 8.61. The number of rotatable bonds is 12. The van der Waals surface area contributed by atoms with Crippen LogP contribution in [0.4, 0.5) is 0 Å². The van der Waals surface area contributed by atoms with Gasteiger partial charge in [0.05, 0.1) is 17.8 Å². The van der Waals surface area contributed by atoms with Gasteiger partial charge in [-0.3, -0.25) is 0 Å². The molecule has 0 bridgehead atoms. The molecule has 0 heterocycles. The minimum absolute atomic E-state index is 0.0308. The van der Waals surface area contributed by atoms with Crippen LogP contribution in [0.25, 0.3) is 0 Å². The van der Waals surface area contributed by atoms with E-state index in [4.69, 9.17) is 0 Å². The van der Waals surface area contributed by atoms with Crippen LogP contribution in [0.3, 0.4) is 0 Å². The molecular formula is C22H38O4. The standard InChI is InChI=1S/C22H38O4/c1-4-5-10-14-22(3,26)15-13-19-18(20(24)16-21(19)25)12-9-7-6-8-11-17(2)23/h7,9,13,15,18-21,24-26H,4-6,8,10-12,14,16H2,1-3H3/b9-7-,15-13+/t18-,19-,20+,21-,22?/m1/s1. The van der Waals surface area contributed by atoms with Gasteiger partial charge in [0.2, 0.25) is 0 Å². The van der Waals surface area contributed by atoms with E-state index in [1.54, 1.807) is 19.9 Å². The zero-order chi connectivity index (χ0) is 19.6. The molecule has 1 unspecified atom stereocenters. The van der Waals surface area contributed by atoms with E-state index in [9.17, 15) is 20.1 Å². The van der Waals surface area contributed by atoms with E-state index >= 15 is 0 Å². The van der Waals surface area contributed by atoms with Crippen LogP contribution in [0.15, 0.2) is 24.3 Å². The molecule has 4 heteroatoms. The van der Waals surface area contributed by atoms with Crippen molar-refractivity contribution in [3.63, 3.8) is 0 Å². The van der Waals surface area contributed by atoms with Gasteiger partial charge in [0.1, 0.15) is 5.78 Å². The highest BCUT2D eigenvalue weighted by Gasteiger charge is 2.39. The maximum Gasteiger partial charge on any atom is 0.129 e. The first-order valence-corrected chi connectivity index (χ1v) is 10.2. The monoisotopic (exact) mass is 366 g/mol. The molecule has 4 nitrogen and oxygen atoms in total. The van der Waals surface area contributed by atoms with Crippen molar-refractivity contribution in [3.8, 4) is 0 Å². The highest BCUT2D eigenvalue weighted by molar-refractivity contribution is 5.75. The minimum Gasteiger partial charge on any atom is -0.393 e. The van der Waals surface area contributed by atoms with Crippen LogP contribution in [0.5, 0.6) is 0 Å². The lowest BCUT2D eigenvalue weighted by molar-refractivity contribution is -0.117. The fraction of sp³-hybridized carbons (Fsp3) is 0.773. The number of carbonyl (C=O) groups excluding carboxylic acids is 1. The van der Waals surface area contributed by atoms with Crippen molar-refractivity contribution in [2.24, 2.45) is 11.8 Å². The van der Waals surface area contributed by atoms with Crippen molar-refractivity contribution in [2.75, 3.05) is 0 Å². The van der Waals surface area contributed by atoms with Gasteiger partial charge in [-0.25, -0.2) is 0 Å². The second-order valence-electron chi connectivity index (χ2n) is 8.09. The first-order chi connectivity index (χ1) is 12.3. The Morgan fingerprint density at radius 2 is 1.88 bits per heavy atom. The Kier molecular flexibility index (Phi) is 10.4. The van der Waals surface area contributed by atoms with Crippen molar-refractivity contribution in [1.82, 2.24) is 0 Å². The van der Waals surface area contributed by atoms with Gasteiger partial charge in [-0.1, -0.05) is 50.5 Å². The molecule has 0 radical (unpaired) electrons. The molecule has 3 N–H and O–H groups in total. The molecular weight excluding hydrogens is 328 g/mol. The lowest BCUT2D eigenvalue weighted by Gasteiger charge is -2.23. The lowest BCUT2D eigenvalue weighted by atomic mass is 9.88. The van der Waals surface area contributed by atoms with Gasteiger partial charge in [-0.05, 0) is 45.4 Å². The molecule has 1 rings (SSSR count). The van der Waals surface area contributed by atoms with E-state index in [0.29, 0.717) is 25.7 Å². The summed E-state index contributed by atoms with van der Waals surface area (Å²) in [6, 6.07) is 0. The van der Waals surface area contributed by atoms with Gasteiger partial charge in [-0.2, -0.15) is 0 Å². The first kappa shape index (κ1) is 23.1. The van der Waals surface area contributed by atoms with E-state index in [1.165, 1.54) is 0 Å². The molecule has 26 heavy (non-hydrogen) atoms. The highest BCUT2D eigenvalue weighted by Crippen LogP contribution is 2.37. The number of hydrogen-bond acceptors (Lipinski definition) is 4. The number of hydrogen-bond donors (Lipinski definition) is 3. The average molecular weight is 367 g/mol. The van der Waals surface area contributed by atoms with E-state index in [1.807, 2.05) is 12.2 Å². The van der Waals surface area contributed by atoms with Crippen LogP contribution in [0.1, 0.15) is 78.6 Å². The number of carbonyl (C=O) groups is 1. The Morgan fingerprint density at radius 3 is 2.54 bits per heavy atom. The number of allylic oxidation sites excluding steroid dienone is 2. The molecule has 1 aliphatic rings. The normalized spacial score (nSPS) is 28.8. The summed E-state index contributed by atoms with van der Waals surface area (Å²) in [5.74, 6) is 0.0465. The topological polar surface area (TPSA) is 77.8 Å². The molecule has 0 aromatic carbocycles. The highest BCUT2D eigenvalue weighted by atomic mass is 16.3. The zero-order valence-corrected chi connectivity index (χ0v) is 16.7. The lowest BCUT2D eigenvalue weighted by Crippen LogP contribution is -2.24. The minimum atomic E-state index is -0.866. The van der Waals surface area contributed by atoms with E-state index in [-0.39, 0.29) is 17.6 Å². The van der Waals surface area contributed by atoms with Crippen LogP contribution in [-0.4, -0.2) is 38.9 Å². The fourth-order valence-corrected chi connectivity index (χ4v) is 3.68. The summed E-state index contributed by atoms with van der Waals surface area (Å²) in [5, 5.41) is 31.0. The second kappa shape index (κ2) is 11.7. The van der Waals surface area contributed by atoms with E-state index in [2.05, 4.69) is 13.0 Å². The molecule has 0 amide bonds. The van der Waals surface area contributed by atoms with Crippen molar-refractivity contribution in [1.29, 1.82) is 0 Å². The SMILES string of the molecule is CCCCCC(C)(O)/C=C/[C@@H]1[C@@H](C/C=C\CCCC(C)=O)[C@@H](O)C[C@H]1O. The third-order valence-corrected chi connectivity index (χ3v) is 5.35. The Balaban J connectivity index is 2.56. The average Bonchev–Trinajstić information content (AvgIpc) is 2.82. The fourth-order valence-electron chi connectivity index (χ4n) is 3.68. The predicted molar refractivity (Wildman–Crippen MR) is 106 cm³/mol. The third-order valence-electron chi connectivity index (χ3n) is 5.35. The molecule has 5 atom stereocenters. The van der Waals surface area contributed by atoms with Crippen molar-refractivity contribution < 1.29 is 20.1 Å². The number of ketones is 1. The van der Waals surface area contributed by atoms with Crippen molar-refractivity contribution >= 4 is 5.78 Å². The smallest absolute Gasteiger partial charge is 0.129 e. The van der Waals surface area contributed by atoms with E-state index < -0.39 is 17.8 Å². The van der Waals surface area contributed by atoms with Gasteiger partial charge in [0, 0.05) is 18.8 Å². The Hall–Kier alpha value is -0.970. The summed E-state index contributed by atoms with van der Waals surface area (Å²) in [7, 11) is 0. The summed E-state index contributed by atoms with van der Waals surface area (Å²) < 4.78 is 0. The molecule has 0 spiro atoms. The van der Waals surface area contributed by atoms with Crippen LogP contribution < -0.4 is 0 Å². The van der Waals surface area contributed by atoms with Crippen LogP contribution in [0.2, 0.25) is 0 Å². The van der Waals surface area contributed by atoms with Crippen LogP contribution >= 0.6 is 0 Å². The summed E-state index contributed by atoms with van der Waals surface area (Å²) in [6.07, 6.45) is 14.0. The van der Waals surface area contributed by atoms with E-state index in [0.717, 1.165) is 32.1 Å². The summed E-state index contributed by atoms with van der Waals surface area (Å²) in [6.45, 7) is 5.55. The van der Waals surface area contributed by atoms with Crippen LogP contribution in [0, 0.1) is 11.8 Å². The number of aliphatic hydroxyl groups is 3. The first-order valence-electron chi connectivity index (χ1n) is 10.2. The largest absolute Gasteiger partial charge is 0.393 e. The van der Waals surface area contributed by atoms with Crippen molar-refractivity contribution in [2.45, 2.75) is 96.4 Å². The van der Waals surface area contributed by atoms with Gasteiger partial charge < -0.3 is 20.1 Å². The van der Waals surface area contributed by atoms with Crippen molar-refractivity contribution in [3.05, 3.63) is 24.3 Å². The molecule has 0 saturated heterocycles. The van der Waals surface area contributed by atoms with Gasteiger partial charge >= 0.3 is 0 Å². The van der Waals surface area contributed by atoms with Gasteiger partial charge in [-0.15, -0.1) is 0 Å². The van der Waals surface area contributed by atoms with Crippen LogP contribution in [-0.2, 0) is 4.79 Å². The quantitative estimate of drug-likeness (QED) is 0.361. The number of unbranched alkanes of at least 4 members (excludes halogenated alkanes) is 3. The maximum absolute atomic E-state index is 10.9. The summed E-state index contributed by atoms with van der Waals surface area (Å²) in [4.78, 5) is 10.9. The molecule has 1 fully saturated rings. The maximum atomic E-state index is 10.9. The predicted octanol–water partition coefficient (Wildman–Crippen LogP) is 3.94. The molecule has 1 aliphatic carbocycles. The summed E-state index contributed by atoms with van der Waals surface area (Å²) >= 11 is 0. The summed E-state index contributed by atoms with van der Waals surface area (Å²) in [5.41, 5.74) is -0.866. The Morgan fingerprint density at radius 1 is 1.15 bits per heavy atom. The Bertz CT molecular complexity index is 467. The number of aliphatic hydroxyl groups excluding tert-OH is 2. The Labute approximate surface area is 159 Å². The van der Waals surface area contributed by atoms with Gasteiger partial charge in [0.25, 0.3) is 0 Å². The molecule has 1 saturated carbocycles. The molecule has 0 aromatic heterocycles. The zero-order valence-electron chi connectivity index (χ0n) is 16.7. The molecule has 150 valence electrons. The molecule has 0 aromatic rings. The second-order valence-corrected chi connectivity index (χ2v) is 8.09.